The van der Waals surface area contributed by atoms with Gasteiger partial charge in [-0.25, -0.2) is 0 Å². The molecule has 2 heterocycles. The molecule has 4 nitrogen and oxygen atoms in total. The Labute approximate surface area is 178 Å². The van der Waals surface area contributed by atoms with E-state index in [9.17, 15) is 9.59 Å². The molecule has 2 aliphatic rings. The predicted octanol–water partition coefficient (Wildman–Crippen LogP) is 4.82. The first-order chi connectivity index (χ1) is 14.1. The zero-order valence-corrected chi connectivity index (χ0v) is 17.0. The van der Waals surface area contributed by atoms with Crippen molar-refractivity contribution in [2.75, 3.05) is 15.6 Å². The molecule has 0 aliphatic carbocycles. The summed E-state index contributed by atoms with van der Waals surface area (Å²) in [6.45, 7) is 0.423. The number of rotatable bonds is 3. The number of hydrogen-bond acceptors (Lipinski definition) is 3. The molecule has 1 atom stereocenters. The molecule has 3 aromatic rings. The topological polar surface area (TPSA) is 40.6 Å². The zero-order chi connectivity index (χ0) is 20.0. The number of fused-ring (bicyclic) bond motifs is 2. The SMILES string of the molecule is O=C1CS[C@]2(C(=O)N(Cc3ccc(Cl)cc3)c3ccccc32)N1c1ccccc1. The fourth-order valence-corrected chi connectivity index (χ4v) is 5.55. The van der Waals surface area contributed by atoms with Gasteiger partial charge in [0.05, 0.1) is 18.0 Å². The highest BCUT2D eigenvalue weighted by Gasteiger charge is 2.60. The molecule has 0 bridgehead atoms. The Bertz CT molecular complexity index is 1100. The summed E-state index contributed by atoms with van der Waals surface area (Å²) < 4.78 is 0. The first-order valence-electron chi connectivity index (χ1n) is 9.29. The van der Waals surface area contributed by atoms with Crippen molar-refractivity contribution in [1.82, 2.24) is 0 Å². The zero-order valence-electron chi connectivity index (χ0n) is 15.4. The highest BCUT2D eigenvalue weighted by Crippen LogP contribution is 2.55. The molecule has 29 heavy (non-hydrogen) atoms. The fourth-order valence-electron chi connectivity index (χ4n) is 4.06. The number of carbonyl (C=O) groups excluding carboxylic acids is 2. The van der Waals surface area contributed by atoms with Gasteiger partial charge in [0.25, 0.3) is 5.91 Å². The summed E-state index contributed by atoms with van der Waals surface area (Å²) >= 11 is 7.41. The quantitative estimate of drug-likeness (QED) is 0.610. The molecule has 0 radical (unpaired) electrons. The van der Waals surface area contributed by atoms with Crippen LogP contribution in [0.25, 0.3) is 0 Å². The van der Waals surface area contributed by atoms with Gasteiger partial charge in [-0.3, -0.25) is 14.5 Å². The molecule has 0 unspecified atom stereocenters. The van der Waals surface area contributed by atoms with E-state index in [0.717, 1.165) is 22.5 Å². The molecule has 6 heteroatoms. The van der Waals surface area contributed by atoms with E-state index in [1.165, 1.54) is 11.8 Å². The number of anilines is 2. The number of thioether (sulfide) groups is 1. The molecule has 2 amide bonds. The second-order valence-corrected chi connectivity index (χ2v) is 8.64. The summed E-state index contributed by atoms with van der Waals surface area (Å²) in [5.74, 6) is 0.120. The normalized spacial score (nSPS) is 20.6. The fraction of sp³-hybridized carbons (Fsp3) is 0.130. The summed E-state index contributed by atoms with van der Waals surface area (Å²) in [6.07, 6.45) is 0. The summed E-state index contributed by atoms with van der Waals surface area (Å²) in [6, 6.07) is 24.7. The van der Waals surface area contributed by atoms with Crippen LogP contribution < -0.4 is 9.80 Å². The number of benzene rings is 3. The maximum atomic E-state index is 13.9. The summed E-state index contributed by atoms with van der Waals surface area (Å²) in [5, 5.41) is 0.658. The maximum absolute atomic E-state index is 13.9. The Kier molecular flexibility index (Phi) is 4.37. The number of amides is 2. The Hall–Kier alpha value is -2.76. The van der Waals surface area contributed by atoms with Crippen LogP contribution in [0.2, 0.25) is 5.02 Å². The molecule has 0 aromatic heterocycles. The van der Waals surface area contributed by atoms with Crippen molar-refractivity contribution in [2.24, 2.45) is 0 Å². The Morgan fingerprint density at radius 1 is 0.897 bits per heavy atom. The van der Waals surface area contributed by atoms with Crippen LogP contribution in [0.5, 0.6) is 0 Å². The van der Waals surface area contributed by atoms with Crippen LogP contribution in [0, 0.1) is 0 Å². The van der Waals surface area contributed by atoms with E-state index in [1.54, 1.807) is 9.80 Å². The van der Waals surface area contributed by atoms with E-state index in [4.69, 9.17) is 11.6 Å². The standard InChI is InChI=1S/C23H17ClN2O2S/c24-17-12-10-16(11-13-17)14-25-20-9-5-4-8-19(20)23(22(25)28)26(21(27)15-29-23)18-6-2-1-3-7-18/h1-13H,14-15H2/t23-/m1/s1. The first-order valence-corrected chi connectivity index (χ1v) is 10.7. The van der Waals surface area contributed by atoms with Crippen LogP contribution >= 0.6 is 23.4 Å². The van der Waals surface area contributed by atoms with E-state index < -0.39 is 4.87 Å². The van der Waals surface area contributed by atoms with Gasteiger partial charge in [-0.15, -0.1) is 11.8 Å². The minimum absolute atomic E-state index is 0.0577. The van der Waals surface area contributed by atoms with Gasteiger partial charge in [0.2, 0.25) is 10.8 Å². The van der Waals surface area contributed by atoms with Crippen molar-refractivity contribution in [3.63, 3.8) is 0 Å². The van der Waals surface area contributed by atoms with Gasteiger partial charge < -0.3 is 4.90 Å². The summed E-state index contributed by atoms with van der Waals surface area (Å²) in [7, 11) is 0. The number of hydrogen-bond donors (Lipinski definition) is 0. The average molecular weight is 421 g/mol. The predicted molar refractivity (Wildman–Crippen MR) is 117 cm³/mol. The van der Waals surface area contributed by atoms with Crippen LogP contribution in [-0.2, 0) is 21.0 Å². The molecular weight excluding hydrogens is 404 g/mol. The van der Waals surface area contributed by atoms with Gasteiger partial charge in [0, 0.05) is 16.3 Å². The lowest BCUT2D eigenvalue weighted by atomic mass is 10.0. The maximum Gasteiger partial charge on any atom is 0.269 e. The first kappa shape index (κ1) is 18.3. The van der Waals surface area contributed by atoms with E-state index in [1.807, 2.05) is 78.9 Å². The monoisotopic (exact) mass is 420 g/mol. The van der Waals surface area contributed by atoms with Crippen molar-refractivity contribution in [2.45, 2.75) is 11.4 Å². The van der Waals surface area contributed by atoms with Crippen LogP contribution in [0.15, 0.2) is 78.9 Å². The van der Waals surface area contributed by atoms with Gasteiger partial charge in [-0.05, 0) is 35.9 Å². The molecule has 1 saturated heterocycles. The lowest BCUT2D eigenvalue weighted by Gasteiger charge is -2.33. The largest absolute Gasteiger partial charge is 0.304 e. The molecule has 3 aromatic carbocycles. The highest BCUT2D eigenvalue weighted by molar-refractivity contribution is 8.02. The van der Waals surface area contributed by atoms with E-state index in [2.05, 4.69) is 0 Å². The molecular formula is C23H17ClN2O2S. The average Bonchev–Trinajstić information content (AvgIpc) is 3.21. The van der Waals surface area contributed by atoms with Crippen molar-refractivity contribution in [3.8, 4) is 0 Å². The number of nitrogens with zero attached hydrogens (tertiary/aromatic N) is 2. The Morgan fingerprint density at radius 3 is 2.34 bits per heavy atom. The van der Waals surface area contributed by atoms with Crippen LogP contribution in [-0.4, -0.2) is 17.6 Å². The van der Waals surface area contributed by atoms with Crippen LogP contribution in [0.3, 0.4) is 0 Å². The number of para-hydroxylation sites is 2. The minimum Gasteiger partial charge on any atom is -0.304 e. The lowest BCUT2D eigenvalue weighted by molar-refractivity contribution is -0.123. The van der Waals surface area contributed by atoms with E-state index in [-0.39, 0.29) is 17.6 Å². The molecule has 0 saturated carbocycles. The van der Waals surface area contributed by atoms with Crippen molar-refractivity contribution >= 4 is 46.6 Å². The van der Waals surface area contributed by atoms with Gasteiger partial charge in [-0.2, -0.15) is 0 Å². The Morgan fingerprint density at radius 2 is 1.59 bits per heavy atom. The smallest absolute Gasteiger partial charge is 0.269 e. The molecule has 5 rings (SSSR count). The lowest BCUT2D eigenvalue weighted by Crippen LogP contribution is -2.49. The third kappa shape index (κ3) is 2.76. The molecule has 144 valence electrons. The van der Waals surface area contributed by atoms with Crippen LogP contribution in [0.4, 0.5) is 11.4 Å². The number of carbonyl (C=O) groups is 2. The second-order valence-electron chi connectivity index (χ2n) is 7.03. The third-order valence-electron chi connectivity index (χ3n) is 5.33. The summed E-state index contributed by atoms with van der Waals surface area (Å²) in [4.78, 5) is 29.2. The molecule has 2 aliphatic heterocycles. The highest BCUT2D eigenvalue weighted by atomic mass is 35.5. The molecule has 0 N–H and O–H groups in total. The van der Waals surface area contributed by atoms with E-state index >= 15 is 0 Å². The van der Waals surface area contributed by atoms with Gasteiger partial charge in [0.1, 0.15) is 0 Å². The van der Waals surface area contributed by atoms with Crippen molar-refractivity contribution in [3.05, 3.63) is 95.0 Å². The molecule has 1 spiro atoms. The molecule has 1 fully saturated rings. The second kappa shape index (κ2) is 6.94. The van der Waals surface area contributed by atoms with Gasteiger partial charge in [0.15, 0.2) is 0 Å². The Balaban J connectivity index is 1.63. The van der Waals surface area contributed by atoms with Gasteiger partial charge >= 0.3 is 0 Å². The summed E-state index contributed by atoms with van der Waals surface area (Å²) in [5.41, 5.74) is 3.42. The van der Waals surface area contributed by atoms with Crippen molar-refractivity contribution < 1.29 is 9.59 Å². The van der Waals surface area contributed by atoms with Crippen LogP contribution in [0.1, 0.15) is 11.1 Å². The number of halogens is 1. The van der Waals surface area contributed by atoms with Gasteiger partial charge in [-0.1, -0.05) is 60.1 Å². The third-order valence-corrected chi connectivity index (χ3v) is 6.97. The minimum atomic E-state index is -1.07. The van der Waals surface area contributed by atoms with Crippen molar-refractivity contribution in [1.29, 1.82) is 0 Å². The van der Waals surface area contributed by atoms with E-state index in [0.29, 0.717) is 11.6 Å².